The molecule has 0 aliphatic heterocycles. The molecule has 0 spiro atoms. The second-order valence-corrected chi connectivity index (χ2v) is 24.9. The van der Waals surface area contributed by atoms with E-state index in [1.165, 1.54) is 64.2 Å². The van der Waals surface area contributed by atoms with Gasteiger partial charge in [0.2, 0.25) is 5.91 Å². The lowest BCUT2D eigenvalue weighted by molar-refractivity contribution is -0.260. The minimum absolute atomic E-state index is 0.0105. The maximum Gasteiger partial charge on any atom is 0.220 e. The Morgan fingerprint density at radius 3 is 0.978 bits per heavy atom. The summed E-state index contributed by atoms with van der Waals surface area (Å²) in [6, 6.07) is 71.1. The average Bonchev–Trinajstić information content (AvgIpc) is 0.835. The van der Waals surface area contributed by atoms with E-state index in [0.29, 0.717) is 39.5 Å². The van der Waals surface area contributed by atoms with Crippen LogP contribution in [-0.2, 0) is 84.2 Å². The average molecular weight is 1240 g/mol. The van der Waals surface area contributed by atoms with Gasteiger partial charge in [0.1, 0.15) is 36.6 Å². The lowest BCUT2D eigenvalue weighted by atomic mass is 9.81. The van der Waals surface area contributed by atoms with E-state index in [-0.39, 0.29) is 31.8 Å². The number of carbonyl (C=O) groups excluding carboxylic acids is 1. The Morgan fingerprint density at radius 1 is 0.341 bits per heavy atom. The summed E-state index contributed by atoms with van der Waals surface area (Å²) in [5.74, 6) is -0.0105. The van der Waals surface area contributed by atoms with Crippen LogP contribution in [0.1, 0.15) is 175 Å². The Kier molecular flexibility index (Phi) is 33.1. The fourth-order valence-electron chi connectivity index (χ4n) is 12.4. The highest BCUT2D eigenvalue weighted by Gasteiger charge is 2.55. The van der Waals surface area contributed by atoms with Crippen LogP contribution in [0.2, 0.25) is 0 Å². The Labute approximate surface area is 546 Å². The molecule has 91 heavy (non-hydrogen) atoms. The standard InChI is InChI=1S/C81H106N2O8/c1-3-5-7-9-10-11-12-13-14-15-17-39-55-73(85-58-65-41-25-18-26-42-65)76(86-59-66-43-27-19-28-44-66)72(83-74(84)56-40-16-8-6-4-2)57-82-75-77(87-60-67-45-29-20-30-46-67)79(89-62-69-49-33-22-34-50-69)81(91-64-71-53-37-24-38-54-71)80(90-63-70-51-35-23-36-52-70)78(75)88-61-68-47-31-21-32-48-68/h18-38,41-54,72-73,75-82H,3-17,39-40,55-64H2,1-2H3,(H,83,84)/t72-,73+,75-,76-,77?,78?,79?,80?,81-/m0/s1. The van der Waals surface area contributed by atoms with E-state index >= 15 is 0 Å². The maximum atomic E-state index is 14.9. The first-order valence-electron chi connectivity index (χ1n) is 34.7. The minimum Gasteiger partial charge on any atom is -0.371 e. The molecule has 7 atom stereocenters. The fraction of sp³-hybridized carbons (Fsp3) is 0.469. The zero-order valence-electron chi connectivity index (χ0n) is 54.8. The molecule has 1 amide bonds. The van der Waals surface area contributed by atoms with Gasteiger partial charge in [-0.25, -0.2) is 0 Å². The number of unbranched alkanes of at least 4 members (excludes halogenated alkanes) is 15. The van der Waals surface area contributed by atoms with Crippen LogP contribution >= 0.6 is 0 Å². The van der Waals surface area contributed by atoms with Gasteiger partial charge in [-0.3, -0.25) is 4.79 Å². The number of nitrogens with one attached hydrogen (secondary N) is 2. The Bertz CT molecular complexity index is 2810. The molecule has 0 aromatic heterocycles. The molecule has 1 fully saturated rings. The lowest BCUT2D eigenvalue weighted by Crippen LogP contribution is -2.71. The third kappa shape index (κ3) is 26.0. The SMILES string of the molecule is CCCCCCCCCCCCCC[C@@H](OCc1ccccc1)[C@@H](OCc1ccccc1)[C@H](CN[C@H]1C(OCc2ccccc2)C(OCc2ccccc2)[C@H](OCc2ccccc2)C(OCc2ccccc2)C1OCc1ccccc1)NC(=O)CCCCCCC. The first-order valence-corrected chi connectivity index (χ1v) is 34.7. The molecule has 7 aromatic rings. The van der Waals surface area contributed by atoms with Crippen LogP contribution in [0, 0.1) is 0 Å². The smallest absolute Gasteiger partial charge is 0.220 e. The monoisotopic (exact) mass is 1230 g/mol. The first kappa shape index (κ1) is 70.6. The lowest BCUT2D eigenvalue weighted by Gasteiger charge is -2.50. The number of carbonyl (C=O) groups is 1. The molecular weight excluding hydrogens is 1130 g/mol. The molecule has 488 valence electrons. The number of ether oxygens (including phenoxy) is 7. The van der Waals surface area contributed by atoms with Crippen LogP contribution in [-0.4, -0.2) is 67.3 Å². The van der Waals surface area contributed by atoms with Crippen molar-refractivity contribution in [2.45, 2.75) is 237 Å². The highest BCUT2D eigenvalue weighted by molar-refractivity contribution is 5.76. The van der Waals surface area contributed by atoms with Crippen molar-refractivity contribution < 1.29 is 38.0 Å². The van der Waals surface area contributed by atoms with Crippen LogP contribution in [0.25, 0.3) is 0 Å². The molecule has 0 radical (unpaired) electrons. The third-order valence-corrected chi connectivity index (χ3v) is 17.6. The zero-order valence-corrected chi connectivity index (χ0v) is 54.8. The number of amides is 1. The van der Waals surface area contributed by atoms with Gasteiger partial charge in [0.25, 0.3) is 0 Å². The van der Waals surface area contributed by atoms with Crippen molar-refractivity contribution in [3.8, 4) is 0 Å². The molecule has 0 bridgehead atoms. The summed E-state index contributed by atoms with van der Waals surface area (Å²) in [4.78, 5) is 14.9. The second-order valence-electron chi connectivity index (χ2n) is 24.9. The molecule has 1 aliphatic rings. The Hall–Kier alpha value is -6.31. The van der Waals surface area contributed by atoms with Crippen LogP contribution in [0.15, 0.2) is 212 Å². The fourth-order valence-corrected chi connectivity index (χ4v) is 12.4. The van der Waals surface area contributed by atoms with Crippen molar-refractivity contribution in [2.75, 3.05) is 6.54 Å². The summed E-state index contributed by atoms with van der Waals surface area (Å²) < 4.78 is 51.5. The van der Waals surface area contributed by atoms with Gasteiger partial charge in [0.05, 0.1) is 64.4 Å². The van der Waals surface area contributed by atoms with Gasteiger partial charge in [-0.2, -0.15) is 0 Å². The van der Waals surface area contributed by atoms with Crippen molar-refractivity contribution in [2.24, 2.45) is 0 Å². The number of hydrogen-bond acceptors (Lipinski definition) is 9. The van der Waals surface area contributed by atoms with Gasteiger partial charge in [-0.1, -0.05) is 329 Å². The predicted molar refractivity (Wildman–Crippen MR) is 368 cm³/mol. The third-order valence-electron chi connectivity index (χ3n) is 17.6. The molecule has 1 aliphatic carbocycles. The molecule has 10 heteroatoms. The Balaban J connectivity index is 1.20. The predicted octanol–water partition coefficient (Wildman–Crippen LogP) is 18.0. The van der Waals surface area contributed by atoms with Crippen molar-refractivity contribution in [3.05, 3.63) is 251 Å². The first-order chi connectivity index (χ1) is 45.0. The van der Waals surface area contributed by atoms with Crippen molar-refractivity contribution >= 4 is 5.91 Å². The van der Waals surface area contributed by atoms with E-state index in [0.717, 1.165) is 90.3 Å². The number of benzene rings is 7. The van der Waals surface area contributed by atoms with E-state index < -0.39 is 48.7 Å². The van der Waals surface area contributed by atoms with E-state index in [4.69, 9.17) is 33.2 Å². The summed E-state index contributed by atoms with van der Waals surface area (Å²) in [5.41, 5.74) is 7.22. The van der Waals surface area contributed by atoms with E-state index in [1.54, 1.807) is 0 Å². The quantitative estimate of drug-likeness (QED) is 0.0361. The summed E-state index contributed by atoms with van der Waals surface area (Å²) in [6.45, 7) is 6.98. The highest BCUT2D eigenvalue weighted by atomic mass is 16.6. The van der Waals surface area contributed by atoms with Crippen molar-refractivity contribution in [1.29, 1.82) is 0 Å². The van der Waals surface area contributed by atoms with Crippen LogP contribution in [0.5, 0.6) is 0 Å². The van der Waals surface area contributed by atoms with E-state index in [1.807, 2.05) is 103 Å². The van der Waals surface area contributed by atoms with Crippen molar-refractivity contribution in [3.63, 3.8) is 0 Å². The summed E-state index contributed by atoms with van der Waals surface area (Å²) in [7, 11) is 0. The summed E-state index contributed by atoms with van der Waals surface area (Å²) >= 11 is 0. The zero-order chi connectivity index (χ0) is 63.0. The molecule has 4 unspecified atom stereocenters. The van der Waals surface area contributed by atoms with Crippen LogP contribution in [0.4, 0.5) is 0 Å². The van der Waals surface area contributed by atoms with Gasteiger partial charge in [-0.05, 0) is 51.8 Å². The maximum absolute atomic E-state index is 14.9. The molecule has 7 aromatic carbocycles. The van der Waals surface area contributed by atoms with E-state index in [2.05, 4.69) is 134 Å². The molecule has 8 rings (SSSR count). The largest absolute Gasteiger partial charge is 0.371 e. The normalized spacial score (nSPS) is 18.4. The summed E-state index contributed by atoms with van der Waals surface area (Å²) in [6.07, 6.45) is 16.9. The highest BCUT2D eigenvalue weighted by Crippen LogP contribution is 2.36. The molecule has 0 saturated heterocycles. The van der Waals surface area contributed by atoms with Crippen LogP contribution < -0.4 is 10.6 Å². The van der Waals surface area contributed by atoms with Gasteiger partial charge < -0.3 is 43.8 Å². The van der Waals surface area contributed by atoms with Gasteiger partial charge >= 0.3 is 0 Å². The van der Waals surface area contributed by atoms with Crippen molar-refractivity contribution in [1.82, 2.24) is 10.6 Å². The summed E-state index contributed by atoms with van der Waals surface area (Å²) in [5, 5.41) is 7.78. The Morgan fingerprint density at radius 2 is 0.626 bits per heavy atom. The van der Waals surface area contributed by atoms with Gasteiger partial charge in [-0.15, -0.1) is 0 Å². The topological polar surface area (TPSA) is 106 Å². The van der Waals surface area contributed by atoms with Gasteiger partial charge in [0.15, 0.2) is 0 Å². The molecule has 1 saturated carbocycles. The van der Waals surface area contributed by atoms with E-state index in [9.17, 15) is 4.79 Å². The second kappa shape index (κ2) is 42.8. The molecular formula is C81H106N2O8. The molecule has 0 heterocycles. The van der Waals surface area contributed by atoms with Crippen LogP contribution in [0.3, 0.4) is 0 Å². The minimum atomic E-state index is -0.698. The van der Waals surface area contributed by atoms with Gasteiger partial charge in [0, 0.05) is 13.0 Å². The number of rotatable bonds is 46. The number of hydrogen-bond donors (Lipinski definition) is 2. The molecule has 10 nitrogen and oxygen atoms in total. The molecule has 2 N–H and O–H groups in total.